The summed E-state index contributed by atoms with van der Waals surface area (Å²) in [5, 5.41) is 5.87. The average Bonchev–Trinajstić information content (AvgIpc) is 2.73. The van der Waals surface area contributed by atoms with Crippen molar-refractivity contribution < 1.29 is 0 Å². The summed E-state index contributed by atoms with van der Waals surface area (Å²) in [5.41, 5.74) is 0. The van der Waals surface area contributed by atoms with Crippen molar-refractivity contribution in [2.45, 2.75) is 45.7 Å². The van der Waals surface area contributed by atoms with Crippen molar-refractivity contribution in [1.82, 2.24) is 5.32 Å². The van der Waals surface area contributed by atoms with Crippen molar-refractivity contribution in [3.05, 3.63) is 22.4 Å². The van der Waals surface area contributed by atoms with Gasteiger partial charge >= 0.3 is 0 Å². The summed E-state index contributed by atoms with van der Waals surface area (Å²) in [6.45, 7) is 5.85. The van der Waals surface area contributed by atoms with Crippen LogP contribution in [0.5, 0.6) is 0 Å². The van der Waals surface area contributed by atoms with E-state index >= 15 is 0 Å². The van der Waals surface area contributed by atoms with Crippen LogP contribution in [0.15, 0.2) is 17.5 Å². The quantitative estimate of drug-likeness (QED) is 0.824. The Bertz CT molecular complexity index is 281. The Hall–Kier alpha value is -0.340. The van der Waals surface area contributed by atoms with Crippen LogP contribution >= 0.6 is 11.3 Å². The second kappa shape index (κ2) is 5.13. The highest BCUT2D eigenvalue weighted by Crippen LogP contribution is 2.29. The van der Waals surface area contributed by atoms with E-state index in [0.717, 1.165) is 24.4 Å². The molecule has 0 aromatic carbocycles. The molecule has 15 heavy (non-hydrogen) atoms. The minimum absolute atomic E-state index is 0.732. The van der Waals surface area contributed by atoms with Gasteiger partial charge in [0.05, 0.1) is 0 Å². The Labute approximate surface area is 96.9 Å². The fourth-order valence-electron chi connectivity index (χ4n) is 2.51. The summed E-state index contributed by atoms with van der Waals surface area (Å²) in [6.07, 6.45) is 4.17. The highest BCUT2D eigenvalue weighted by atomic mass is 32.1. The highest BCUT2D eigenvalue weighted by Gasteiger charge is 2.26. The molecule has 0 amide bonds. The maximum Gasteiger partial charge on any atom is 0.0302 e. The molecule has 1 aliphatic carbocycles. The molecule has 0 aliphatic heterocycles. The monoisotopic (exact) mass is 223 g/mol. The van der Waals surface area contributed by atoms with Gasteiger partial charge in [-0.25, -0.2) is 0 Å². The predicted octanol–water partition coefficient (Wildman–Crippen LogP) is 3.66. The van der Waals surface area contributed by atoms with Crippen LogP contribution in [-0.2, 0) is 6.54 Å². The summed E-state index contributed by atoms with van der Waals surface area (Å²) in [5.74, 6) is 1.72. The number of rotatable bonds is 3. The van der Waals surface area contributed by atoms with Crippen molar-refractivity contribution in [3.8, 4) is 0 Å². The van der Waals surface area contributed by atoms with Gasteiger partial charge in [-0.2, -0.15) is 0 Å². The third-order valence-electron chi connectivity index (χ3n) is 3.83. The molecule has 1 nitrogen and oxygen atoms in total. The summed E-state index contributed by atoms with van der Waals surface area (Å²) in [6, 6.07) is 5.08. The molecule has 2 heteroatoms. The second-order valence-corrected chi connectivity index (χ2v) is 5.87. The van der Waals surface area contributed by atoms with E-state index in [1.54, 1.807) is 0 Å². The van der Waals surface area contributed by atoms with Gasteiger partial charge in [0.1, 0.15) is 0 Å². The number of nitrogens with one attached hydrogen (secondary N) is 1. The molecule has 1 fully saturated rings. The third kappa shape index (κ3) is 2.82. The van der Waals surface area contributed by atoms with Gasteiger partial charge in [0, 0.05) is 17.5 Å². The summed E-state index contributed by atoms with van der Waals surface area (Å²) in [4.78, 5) is 1.46. The summed E-state index contributed by atoms with van der Waals surface area (Å²) >= 11 is 1.85. The van der Waals surface area contributed by atoms with E-state index in [4.69, 9.17) is 0 Å². The zero-order chi connectivity index (χ0) is 10.7. The van der Waals surface area contributed by atoms with Gasteiger partial charge in [0.25, 0.3) is 0 Å². The SMILES string of the molecule is C[C@@H]1[C@H](C)CCC[C@@H]1NCc1cccs1. The smallest absolute Gasteiger partial charge is 0.0302 e. The first-order valence-corrected chi connectivity index (χ1v) is 6.91. The van der Waals surface area contributed by atoms with Gasteiger partial charge < -0.3 is 5.32 Å². The van der Waals surface area contributed by atoms with Gasteiger partial charge in [-0.05, 0) is 29.7 Å². The van der Waals surface area contributed by atoms with E-state index in [2.05, 4.69) is 36.7 Å². The summed E-state index contributed by atoms with van der Waals surface area (Å²) in [7, 11) is 0. The molecule has 84 valence electrons. The predicted molar refractivity (Wildman–Crippen MR) is 67.1 cm³/mol. The molecule has 0 unspecified atom stereocenters. The van der Waals surface area contributed by atoms with Crippen molar-refractivity contribution in [3.63, 3.8) is 0 Å². The maximum atomic E-state index is 3.71. The Morgan fingerprint density at radius 3 is 3.00 bits per heavy atom. The van der Waals surface area contributed by atoms with Crippen LogP contribution in [0.4, 0.5) is 0 Å². The number of hydrogen-bond acceptors (Lipinski definition) is 2. The van der Waals surface area contributed by atoms with E-state index in [9.17, 15) is 0 Å². The Kier molecular flexibility index (Phi) is 3.81. The van der Waals surface area contributed by atoms with E-state index < -0.39 is 0 Å². The van der Waals surface area contributed by atoms with E-state index in [-0.39, 0.29) is 0 Å². The Morgan fingerprint density at radius 2 is 2.27 bits per heavy atom. The van der Waals surface area contributed by atoms with Gasteiger partial charge in [-0.15, -0.1) is 11.3 Å². The van der Waals surface area contributed by atoms with Crippen molar-refractivity contribution in [2.24, 2.45) is 11.8 Å². The molecule has 1 N–H and O–H groups in total. The molecule has 3 atom stereocenters. The normalized spacial score (nSPS) is 31.7. The van der Waals surface area contributed by atoms with Crippen LogP contribution in [0.1, 0.15) is 38.0 Å². The molecule has 0 saturated heterocycles. The zero-order valence-corrected chi connectivity index (χ0v) is 10.5. The zero-order valence-electron chi connectivity index (χ0n) is 9.70. The molecule has 1 saturated carbocycles. The molecule has 1 aromatic heterocycles. The molecule has 1 heterocycles. The minimum atomic E-state index is 0.732. The number of thiophene rings is 1. The molecule has 1 aromatic rings. The standard InChI is InChI=1S/C13H21NS/c1-10-5-3-7-13(11(10)2)14-9-12-6-4-8-15-12/h4,6,8,10-11,13-14H,3,5,7,9H2,1-2H3/t10-,11-,13+/m1/s1. The van der Waals surface area contributed by atoms with E-state index in [1.165, 1.54) is 24.1 Å². The van der Waals surface area contributed by atoms with Gasteiger partial charge in [0.15, 0.2) is 0 Å². The molecule has 0 bridgehead atoms. The van der Waals surface area contributed by atoms with Gasteiger partial charge in [-0.3, -0.25) is 0 Å². The fraction of sp³-hybridized carbons (Fsp3) is 0.692. The van der Waals surface area contributed by atoms with Crippen LogP contribution in [-0.4, -0.2) is 6.04 Å². The van der Waals surface area contributed by atoms with Crippen LogP contribution in [0.2, 0.25) is 0 Å². The van der Waals surface area contributed by atoms with Crippen LogP contribution < -0.4 is 5.32 Å². The van der Waals surface area contributed by atoms with Crippen LogP contribution in [0.25, 0.3) is 0 Å². The molecular formula is C13H21NS. The lowest BCUT2D eigenvalue weighted by atomic mass is 9.78. The van der Waals surface area contributed by atoms with Gasteiger partial charge in [0.2, 0.25) is 0 Å². The molecule has 0 spiro atoms. The molecule has 2 rings (SSSR count). The van der Waals surface area contributed by atoms with Crippen molar-refractivity contribution in [1.29, 1.82) is 0 Å². The topological polar surface area (TPSA) is 12.0 Å². The first kappa shape index (κ1) is 11.2. The third-order valence-corrected chi connectivity index (χ3v) is 4.70. The molecular weight excluding hydrogens is 202 g/mol. The lowest BCUT2D eigenvalue weighted by Gasteiger charge is -2.34. The Balaban J connectivity index is 1.83. The Morgan fingerprint density at radius 1 is 1.40 bits per heavy atom. The largest absolute Gasteiger partial charge is 0.309 e. The average molecular weight is 223 g/mol. The second-order valence-electron chi connectivity index (χ2n) is 4.83. The van der Waals surface area contributed by atoms with Crippen LogP contribution in [0, 0.1) is 11.8 Å². The summed E-state index contributed by atoms with van der Waals surface area (Å²) < 4.78 is 0. The molecule has 0 radical (unpaired) electrons. The fourth-order valence-corrected chi connectivity index (χ4v) is 3.17. The van der Waals surface area contributed by atoms with Crippen LogP contribution in [0.3, 0.4) is 0 Å². The molecule has 1 aliphatic rings. The van der Waals surface area contributed by atoms with Gasteiger partial charge in [-0.1, -0.05) is 32.8 Å². The highest BCUT2D eigenvalue weighted by molar-refractivity contribution is 7.09. The first-order chi connectivity index (χ1) is 7.27. The lowest BCUT2D eigenvalue weighted by Crippen LogP contribution is -2.40. The van der Waals surface area contributed by atoms with Crippen molar-refractivity contribution >= 4 is 11.3 Å². The van der Waals surface area contributed by atoms with Crippen molar-refractivity contribution in [2.75, 3.05) is 0 Å². The first-order valence-electron chi connectivity index (χ1n) is 6.03. The number of hydrogen-bond donors (Lipinski definition) is 1. The lowest BCUT2D eigenvalue weighted by molar-refractivity contribution is 0.206. The van der Waals surface area contributed by atoms with E-state index in [0.29, 0.717) is 0 Å². The maximum absolute atomic E-state index is 3.71. The minimum Gasteiger partial charge on any atom is -0.309 e. The van der Waals surface area contributed by atoms with E-state index in [1.807, 2.05) is 11.3 Å².